The van der Waals surface area contributed by atoms with Gasteiger partial charge in [0.1, 0.15) is 0 Å². The fourth-order valence-electron chi connectivity index (χ4n) is 3.51. The lowest BCUT2D eigenvalue weighted by Crippen LogP contribution is -2.41. The number of nitriles is 1. The minimum Gasteiger partial charge on any atom is -0.462 e. The summed E-state index contributed by atoms with van der Waals surface area (Å²) in [7, 11) is 0. The number of imide groups is 1. The number of hydrogen-bond acceptors (Lipinski definition) is 5. The van der Waals surface area contributed by atoms with Crippen molar-refractivity contribution in [1.29, 1.82) is 5.26 Å². The van der Waals surface area contributed by atoms with Gasteiger partial charge in [0.05, 0.1) is 29.5 Å². The van der Waals surface area contributed by atoms with E-state index in [2.05, 4.69) is 6.07 Å². The highest BCUT2D eigenvalue weighted by molar-refractivity contribution is 6.43. The molecule has 0 spiro atoms. The Morgan fingerprint density at radius 2 is 1.59 bits per heavy atom. The van der Waals surface area contributed by atoms with Crippen LogP contribution in [-0.4, -0.2) is 24.4 Å². The number of carbonyl (C=O) groups excluding carboxylic acids is 3. The number of benzene rings is 3. The van der Waals surface area contributed by atoms with E-state index in [1.165, 1.54) is 12.1 Å². The highest BCUT2D eigenvalue weighted by Gasteiger charge is 2.35. The molecule has 0 radical (unpaired) electrons. The number of fused-ring (bicyclic) bond motifs is 1. The zero-order valence-electron chi connectivity index (χ0n) is 17.2. The van der Waals surface area contributed by atoms with Gasteiger partial charge in [-0.25, -0.2) is 9.69 Å². The molecule has 0 saturated carbocycles. The van der Waals surface area contributed by atoms with Gasteiger partial charge >= 0.3 is 5.97 Å². The van der Waals surface area contributed by atoms with Crippen LogP contribution < -0.4 is 4.90 Å². The van der Waals surface area contributed by atoms with Crippen LogP contribution in [0.4, 0.5) is 5.69 Å². The summed E-state index contributed by atoms with van der Waals surface area (Å²) in [5.41, 5.74) is 3.25. The van der Waals surface area contributed by atoms with Gasteiger partial charge in [0.2, 0.25) is 0 Å². The molecule has 4 rings (SSSR count). The first-order chi connectivity index (χ1) is 15.5. The molecule has 6 nitrogen and oxygen atoms in total. The normalized spacial score (nSPS) is 14.1. The Labute approximate surface area is 185 Å². The van der Waals surface area contributed by atoms with Crippen molar-refractivity contribution in [2.45, 2.75) is 6.92 Å². The van der Waals surface area contributed by atoms with Gasteiger partial charge in [-0.2, -0.15) is 5.26 Å². The van der Waals surface area contributed by atoms with Crippen molar-refractivity contribution >= 4 is 35.1 Å². The molecule has 0 N–H and O–H groups in total. The average Bonchev–Trinajstić information content (AvgIpc) is 2.83. The molecule has 0 unspecified atom stereocenters. The first-order valence-corrected chi connectivity index (χ1v) is 10.0. The molecule has 2 amide bonds. The van der Waals surface area contributed by atoms with Crippen LogP contribution in [0.3, 0.4) is 0 Å². The third-order valence-electron chi connectivity index (χ3n) is 5.07. The van der Waals surface area contributed by atoms with Crippen molar-refractivity contribution < 1.29 is 19.1 Å². The molecule has 3 aromatic rings. The van der Waals surface area contributed by atoms with Gasteiger partial charge in [0.15, 0.2) is 0 Å². The SMILES string of the molecule is CCOC(=O)c1ccc(N2C(=O)C(=Cc3ccc(C#N)cc3)c3ccccc3C2=O)cc1. The van der Waals surface area contributed by atoms with Crippen molar-refractivity contribution in [2.24, 2.45) is 0 Å². The summed E-state index contributed by atoms with van der Waals surface area (Å²) in [6.45, 7) is 1.97. The minimum atomic E-state index is -0.470. The van der Waals surface area contributed by atoms with Crippen molar-refractivity contribution in [2.75, 3.05) is 11.5 Å². The standard InChI is InChI=1S/C26H18N2O4/c1-2-32-26(31)19-11-13-20(14-12-19)28-24(29)22-6-4-3-5-21(22)23(25(28)30)15-17-7-9-18(16-27)10-8-17/h3-15H,2H2,1H3. The zero-order chi connectivity index (χ0) is 22.7. The van der Waals surface area contributed by atoms with E-state index in [0.29, 0.717) is 33.5 Å². The minimum absolute atomic E-state index is 0.254. The number of hydrogen-bond donors (Lipinski definition) is 0. The average molecular weight is 422 g/mol. The molecule has 32 heavy (non-hydrogen) atoms. The van der Waals surface area contributed by atoms with Crippen molar-refractivity contribution in [3.63, 3.8) is 0 Å². The Hall–Kier alpha value is -4.50. The number of carbonyl (C=O) groups is 3. The second-order valence-corrected chi connectivity index (χ2v) is 7.05. The molecule has 156 valence electrons. The molecule has 1 aliphatic rings. The number of nitrogens with zero attached hydrogens (tertiary/aromatic N) is 2. The molecule has 1 heterocycles. The second kappa shape index (κ2) is 8.70. The third kappa shape index (κ3) is 3.80. The van der Waals surface area contributed by atoms with E-state index in [4.69, 9.17) is 10.00 Å². The van der Waals surface area contributed by atoms with Crippen molar-refractivity contribution in [3.8, 4) is 6.07 Å². The molecule has 0 saturated heterocycles. The Morgan fingerprint density at radius 3 is 2.22 bits per heavy atom. The van der Waals surface area contributed by atoms with Gasteiger partial charge in [-0.05, 0) is 66.6 Å². The first-order valence-electron chi connectivity index (χ1n) is 10.0. The van der Waals surface area contributed by atoms with Crippen LogP contribution in [0.15, 0.2) is 72.8 Å². The Morgan fingerprint density at radius 1 is 0.938 bits per heavy atom. The first kappa shape index (κ1) is 20.8. The Bertz CT molecular complexity index is 1280. The van der Waals surface area contributed by atoms with Crippen LogP contribution in [0.1, 0.15) is 44.3 Å². The molecular weight excluding hydrogens is 404 g/mol. The molecular formula is C26H18N2O4. The molecule has 3 aromatic carbocycles. The van der Waals surface area contributed by atoms with Gasteiger partial charge in [0, 0.05) is 11.1 Å². The van der Waals surface area contributed by atoms with Crippen LogP contribution >= 0.6 is 0 Å². The van der Waals surface area contributed by atoms with Gasteiger partial charge in [-0.15, -0.1) is 0 Å². The van der Waals surface area contributed by atoms with E-state index in [-0.39, 0.29) is 6.61 Å². The number of rotatable bonds is 4. The van der Waals surface area contributed by atoms with Gasteiger partial charge in [0.25, 0.3) is 11.8 Å². The van der Waals surface area contributed by atoms with Crippen molar-refractivity contribution in [1.82, 2.24) is 0 Å². The number of amides is 2. The second-order valence-electron chi connectivity index (χ2n) is 7.05. The van der Waals surface area contributed by atoms with Crippen LogP contribution in [0.2, 0.25) is 0 Å². The van der Waals surface area contributed by atoms with Crippen LogP contribution in [-0.2, 0) is 9.53 Å². The number of esters is 1. The van der Waals surface area contributed by atoms with E-state index < -0.39 is 17.8 Å². The largest absolute Gasteiger partial charge is 0.462 e. The van der Waals surface area contributed by atoms with Gasteiger partial charge in [-0.1, -0.05) is 30.3 Å². The summed E-state index contributed by atoms with van der Waals surface area (Å²) < 4.78 is 4.99. The predicted octanol–water partition coefficient (Wildman–Crippen LogP) is 4.46. The fraction of sp³-hybridized carbons (Fsp3) is 0.0769. The van der Waals surface area contributed by atoms with Crippen LogP contribution in [0.5, 0.6) is 0 Å². The van der Waals surface area contributed by atoms with Crippen molar-refractivity contribution in [3.05, 3.63) is 101 Å². The predicted molar refractivity (Wildman–Crippen MR) is 120 cm³/mol. The smallest absolute Gasteiger partial charge is 0.338 e. The Balaban J connectivity index is 1.77. The summed E-state index contributed by atoms with van der Waals surface area (Å²) >= 11 is 0. The van der Waals surface area contributed by atoms with Gasteiger partial charge < -0.3 is 4.74 Å². The maximum Gasteiger partial charge on any atom is 0.338 e. The van der Waals surface area contributed by atoms with E-state index >= 15 is 0 Å². The molecule has 0 aliphatic carbocycles. The van der Waals surface area contributed by atoms with E-state index in [9.17, 15) is 14.4 Å². The molecule has 1 aliphatic heterocycles. The van der Waals surface area contributed by atoms with Crippen LogP contribution in [0, 0.1) is 11.3 Å². The summed E-state index contributed by atoms with van der Waals surface area (Å²) in [5.74, 6) is -1.38. The highest BCUT2D eigenvalue weighted by atomic mass is 16.5. The van der Waals surface area contributed by atoms with Crippen LogP contribution in [0.25, 0.3) is 11.6 Å². The molecule has 0 fully saturated rings. The maximum absolute atomic E-state index is 13.4. The molecule has 6 heteroatoms. The summed E-state index contributed by atoms with van der Waals surface area (Å²) in [4.78, 5) is 39.7. The third-order valence-corrected chi connectivity index (χ3v) is 5.07. The summed E-state index contributed by atoms with van der Waals surface area (Å²) in [6, 6.07) is 22.0. The zero-order valence-corrected chi connectivity index (χ0v) is 17.2. The lowest BCUT2D eigenvalue weighted by atomic mass is 9.91. The van der Waals surface area contributed by atoms with E-state index in [1.807, 2.05) is 0 Å². The quantitative estimate of drug-likeness (QED) is 0.352. The topological polar surface area (TPSA) is 87.5 Å². The van der Waals surface area contributed by atoms with Gasteiger partial charge in [-0.3, -0.25) is 9.59 Å². The maximum atomic E-state index is 13.4. The Kier molecular flexibility index (Phi) is 5.65. The summed E-state index contributed by atoms with van der Waals surface area (Å²) in [5, 5.41) is 9.00. The summed E-state index contributed by atoms with van der Waals surface area (Å²) in [6.07, 6.45) is 1.70. The van der Waals surface area contributed by atoms with E-state index in [0.717, 1.165) is 10.5 Å². The fourth-order valence-corrected chi connectivity index (χ4v) is 3.51. The molecule has 0 bridgehead atoms. The molecule has 0 atom stereocenters. The monoisotopic (exact) mass is 422 g/mol. The highest BCUT2D eigenvalue weighted by Crippen LogP contribution is 2.33. The number of anilines is 1. The lowest BCUT2D eigenvalue weighted by molar-refractivity contribution is -0.112. The number of ether oxygens (including phenoxy) is 1. The van der Waals surface area contributed by atoms with E-state index in [1.54, 1.807) is 73.7 Å². The lowest BCUT2D eigenvalue weighted by Gasteiger charge is -2.28. The molecule has 0 aromatic heterocycles.